The van der Waals surface area contributed by atoms with E-state index in [-0.39, 0.29) is 5.56 Å². The van der Waals surface area contributed by atoms with Crippen LogP contribution in [-0.4, -0.2) is 37.6 Å². The summed E-state index contributed by atoms with van der Waals surface area (Å²) < 4.78 is 28.1. The number of piperazine rings is 1. The van der Waals surface area contributed by atoms with Crippen LogP contribution in [0.5, 0.6) is 0 Å². The van der Waals surface area contributed by atoms with E-state index in [1.54, 1.807) is 6.92 Å². The molecule has 1 saturated heterocycles. The zero-order chi connectivity index (χ0) is 13.1. The van der Waals surface area contributed by atoms with Crippen LogP contribution in [0.3, 0.4) is 0 Å². The summed E-state index contributed by atoms with van der Waals surface area (Å²) >= 11 is 3.13. The predicted octanol–water partition coefficient (Wildman–Crippen LogP) is 2.48. The van der Waals surface area contributed by atoms with E-state index in [0.717, 1.165) is 26.2 Å². The molecule has 0 unspecified atom stereocenters. The molecular formula is C13H17BrF2N2. The number of nitrogens with one attached hydrogen (secondary N) is 1. The van der Waals surface area contributed by atoms with Crippen LogP contribution in [-0.2, 0) is 6.42 Å². The number of halogens is 3. The topological polar surface area (TPSA) is 15.3 Å². The standard InChI is InChI=1S/C13H17BrF2N2/c1-9-8-11(14)13(16)10(12(9)15)2-5-18-6-3-17-4-7-18/h8,17H,2-7H2,1H3. The number of rotatable bonds is 3. The normalized spacial score (nSPS) is 17.1. The molecular weight excluding hydrogens is 302 g/mol. The van der Waals surface area contributed by atoms with Crippen molar-refractivity contribution in [2.24, 2.45) is 0 Å². The van der Waals surface area contributed by atoms with Gasteiger partial charge >= 0.3 is 0 Å². The van der Waals surface area contributed by atoms with Gasteiger partial charge in [-0.1, -0.05) is 0 Å². The Balaban J connectivity index is 2.08. The van der Waals surface area contributed by atoms with E-state index in [2.05, 4.69) is 26.1 Å². The van der Waals surface area contributed by atoms with Gasteiger partial charge in [-0.25, -0.2) is 8.78 Å². The molecule has 5 heteroatoms. The molecule has 1 heterocycles. The third-order valence-corrected chi connectivity index (χ3v) is 3.89. The molecule has 2 nitrogen and oxygen atoms in total. The van der Waals surface area contributed by atoms with Crippen LogP contribution < -0.4 is 5.32 Å². The number of benzene rings is 1. The Morgan fingerprint density at radius 1 is 1.28 bits per heavy atom. The summed E-state index contributed by atoms with van der Waals surface area (Å²) in [6.45, 7) is 6.14. The maximum absolute atomic E-state index is 13.9. The Kier molecular flexibility index (Phi) is 4.70. The molecule has 1 aromatic rings. The van der Waals surface area contributed by atoms with Crippen molar-refractivity contribution in [2.45, 2.75) is 13.3 Å². The highest BCUT2D eigenvalue weighted by molar-refractivity contribution is 9.10. The van der Waals surface area contributed by atoms with Crippen LogP contribution in [0.4, 0.5) is 8.78 Å². The first-order valence-electron chi connectivity index (χ1n) is 6.15. The fraction of sp³-hybridized carbons (Fsp3) is 0.538. The van der Waals surface area contributed by atoms with E-state index in [4.69, 9.17) is 0 Å². The van der Waals surface area contributed by atoms with E-state index in [1.807, 2.05) is 0 Å². The van der Waals surface area contributed by atoms with Crippen molar-refractivity contribution in [3.05, 3.63) is 33.3 Å². The highest BCUT2D eigenvalue weighted by atomic mass is 79.9. The second-order valence-corrected chi connectivity index (χ2v) is 5.48. The summed E-state index contributed by atoms with van der Waals surface area (Å²) in [5.74, 6) is -0.876. The lowest BCUT2D eigenvalue weighted by Crippen LogP contribution is -2.44. The van der Waals surface area contributed by atoms with Gasteiger partial charge < -0.3 is 10.2 Å². The van der Waals surface area contributed by atoms with Crippen molar-refractivity contribution in [2.75, 3.05) is 32.7 Å². The number of hydrogen-bond acceptors (Lipinski definition) is 2. The Labute approximate surface area is 114 Å². The molecule has 0 amide bonds. The van der Waals surface area contributed by atoms with Gasteiger partial charge in [0.25, 0.3) is 0 Å². The van der Waals surface area contributed by atoms with Crippen molar-refractivity contribution in [3.63, 3.8) is 0 Å². The Bertz CT molecular complexity index is 405. The van der Waals surface area contributed by atoms with Crippen molar-refractivity contribution in [3.8, 4) is 0 Å². The van der Waals surface area contributed by atoms with E-state index >= 15 is 0 Å². The van der Waals surface area contributed by atoms with Crippen molar-refractivity contribution >= 4 is 15.9 Å². The highest BCUT2D eigenvalue weighted by Gasteiger charge is 2.17. The zero-order valence-electron chi connectivity index (χ0n) is 10.4. The van der Waals surface area contributed by atoms with Gasteiger partial charge in [0, 0.05) is 38.3 Å². The molecule has 1 aliphatic rings. The molecule has 100 valence electrons. The molecule has 0 aliphatic carbocycles. The molecule has 1 fully saturated rings. The Morgan fingerprint density at radius 3 is 2.61 bits per heavy atom. The molecule has 0 saturated carbocycles. The lowest BCUT2D eigenvalue weighted by molar-refractivity contribution is 0.242. The van der Waals surface area contributed by atoms with E-state index in [9.17, 15) is 8.78 Å². The van der Waals surface area contributed by atoms with E-state index < -0.39 is 11.6 Å². The first-order chi connectivity index (χ1) is 8.59. The van der Waals surface area contributed by atoms with Crippen molar-refractivity contribution in [1.29, 1.82) is 0 Å². The fourth-order valence-corrected chi connectivity index (χ4v) is 2.80. The number of hydrogen-bond donors (Lipinski definition) is 1. The Morgan fingerprint density at radius 2 is 1.94 bits per heavy atom. The van der Waals surface area contributed by atoms with Gasteiger partial charge in [0.1, 0.15) is 11.6 Å². The molecule has 0 aromatic heterocycles. The van der Waals surface area contributed by atoms with Gasteiger partial charge in [-0.2, -0.15) is 0 Å². The Hall–Kier alpha value is -0.520. The van der Waals surface area contributed by atoms with Crippen LogP contribution in [0.2, 0.25) is 0 Å². The second kappa shape index (κ2) is 6.08. The molecule has 2 rings (SSSR count). The average Bonchev–Trinajstić information content (AvgIpc) is 2.38. The van der Waals surface area contributed by atoms with Gasteiger partial charge in [0.2, 0.25) is 0 Å². The molecule has 18 heavy (non-hydrogen) atoms. The molecule has 0 bridgehead atoms. The smallest absolute Gasteiger partial charge is 0.143 e. The SMILES string of the molecule is Cc1cc(Br)c(F)c(CCN2CCNCC2)c1F. The quantitative estimate of drug-likeness (QED) is 0.861. The van der Waals surface area contributed by atoms with Crippen LogP contribution in [0.25, 0.3) is 0 Å². The van der Waals surface area contributed by atoms with Gasteiger partial charge in [-0.3, -0.25) is 0 Å². The summed E-state index contributed by atoms with van der Waals surface area (Å²) in [5, 5.41) is 3.26. The molecule has 1 N–H and O–H groups in total. The summed E-state index contributed by atoms with van der Waals surface area (Å²) in [7, 11) is 0. The average molecular weight is 319 g/mol. The van der Waals surface area contributed by atoms with Gasteiger partial charge in [0.15, 0.2) is 0 Å². The monoisotopic (exact) mass is 318 g/mol. The highest BCUT2D eigenvalue weighted by Crippen LogP contribution is 2.25. The molecule has 0 atom stereocenters. The lowest BCUT2D eigenvalue weighted by Gasteiger charge is -2.27. The third-order valence-electron chi connectivity index (χ3n) is 3.32. The summed E-state index contributed by atoms with van der Waals surface area (Å²) in [6, 6.07) is 1.49. The first kappa shape index (κ1) is 13.9. The van der Waals surface area contributed by atoms with Crippen LogP contribution >= 0.6 is 15.9 Å². The zero-order valence-corrected chi connectivity index (χ0v) is 12.0. The summed E-state index contributed by atoms with van der Waals surface area (Å²) in [5.41, 5.74) is 0.680. The predicted molar refractivity (Wildman–Crippen MR) is 71.8 cm³/mol. The first-order valence-corrected chi connectivity index (χ1v) is 6.95. The largest absolute Gasteiger partial charge is 0.314 e. The third kappa shape index (κ3) is 3.08. The fourth-order valence-electron chi connectivity index (χ4n) is 2.22. The molecule has 1 aliphatic heterocycles. The minimum Gasteiger partial charge on any atom is -0.314 e. The maximum Gasteiger partial charge on any atom is 0.143 e. The molecule has 0 radical (unpaired) electrons. The minimum absolute atomic E-state index is 0.195. The maximum atomic E-state index is 13.9. The van der Waals surface area contributed by atoms with Crippen LogP contribution in [0.1, 0.15) is 11.1 Å². The lowest BCUT2D eigenvalue weighted by atomic mass is 10.1. The van der Waals surface area contributed by atoms with E-state index in [1.165, 1.54) is 6.07 Å². The van der Waals surface area contributed by atoms with Gasteiger partial charge in [-0.15, -0.1) is 0 Å². The van der Waals surface area contributed by atoms with Gasteiger partial charge in [0.05, 0.1) is 4.47 Å². The van der Waals surface area contributed by atoms with Crippen LogP contribution in [0, 0.1) is 18.6 Å². The number of aryl methyl sites for hydroxylation is 1. The van der Waals surface area contributed by atoms with Crippen molar-refractivity contribution in [1.82, 2.24) is 10.2 Å². The van der Waals surface area contributed by atoms with E-state index in [0.29, 0.717) is 23.0 Å². The summed E-state index contributed by atoms with van der Waals surface area (Å²) in [4.78, 5) is 2.23. The number of nitrogens with zero attached hydrogens (tertiary/aromatic N) is 1. The van der Waals surface area contributed by atoms with Crippen molar-refractivity contribution < 1.29 is 8.78 Å². The molecule has 0 spiro atoms. The van der Waals surface area contributed by atoms with Gasteiger partial charge in [-0.05, 0) is 40.9 Å². The minimum atomic E-state index is -0.465. The second-order valence-electron chi connectivity index (χ2n) is 4.62. The summed E-state index contributed by atoms with van der Waals surface area (Å²) in [6.07, 6.45) is 0.415. The molecule has 1 aromatic carbocycles. The van der Waals surface area contributed by atoms with Crippen LogP contribution in [0.15, 0.2) is 10.5 Å².